The molecule has 0 aromatic heterocycles. The third-order valence-corrected chi connectivity index (χ3v) is 10.0. The van der Waals surface area contributed by atoms with Crippen LogP contribution in [-0.2, 0) is 17.1 Å². The Balaban J connectivity index is 0.000000610. The molecule has 0 fully saturated rings. The number of rotatable bonds is 4. The van der Waals surface area contributed by atoms with E-state index >= 15 is 0 Å². The van der Waals surface area contributed by atoms with Gasteiger partial charge >= 0.3 is 17.1 Å². The first-order valence-corrected chi connectivity index (χ1v) is 12.6. The van der Waals surface area contributed by atoms with Crippen LogP contribution < -0.4 is 10.6 Å². The SMILES string of the molecule is C[C@H]([c-]1cccc1Pc1ccccc1)P(C(C)(C)C)C(C)(C)C.[Fe+2].c1cc[cH-]c1. The minimum absolute atomic E-state index is 0. The molecule has 0 bridgehead atoms. The molecule has 2 atom stereocenters. The van der Waals surface area contributed by atoms with E-state index in [4.69, 9.17) is 0 Å². The van der Waals surface area contributed by atoms with Gasteiger partial charge in [-0.2, -0.15) is 24.3 Å². The second-order valence-corrected chi connectivity index (χ2v) is 14.8. The zero-order valence-electron chi connectivity index (χ0n) is 18.9. The fourth-order valence-corrected chi connectivity index (χ4v) is 10.5. The Morgan fingerprint density at radius 1 is 0.828 bits per heavy atom. The fraction of sp³-hybridized carbons (Fsp3) is 0.385. The summed E-state index contributed by atoms with van der Waals surface area (Å²) in [6, 6.07) is 27.8. The predicted molar refractivity (Wildman–Crippen MR) is 133 cm³/mol. The molecule has 0 aliphatic carbocycles. The van der Waals surface area contributed by atoms with E-state index in [2.05, 4.69) is 97.0 Å². The monoisotopic (exact) mass is 466 g/mol. The van der Waals surface area contributed by atoms with Crippen molar-refractivity contribution in [3.05, 3.63) is 84.4 Å². The Labute approximate surface area is 192 Å². The number of hydrogen-bond donors (Lipinski definition) is 0. The molecule has 0 saturated carbocycles. The molecule has 158 valence electrons. The van der Waals surface area contributed by atoms with Gasteiger partial charge in [-0.3, -0.25) is 0 Å². The molecule has 3 rings (SSSR count). The Kier molecular flexibility index (Phi) is 10.6. The summed E-state index contributed by atoms with van der Waals surface area (Å²) >= 11 is 0. The van der Waals surface area contributed by atoms with E-state index in [9.17, 15) is 0 Å². The van der Waals surface area contributed by atoms with Crippen LogP contribution >= 0.6 is 16.5 Å². The zero-order chi connectivity index (χ0) is 20.8. The molecule has 0 aliphatic heterocycles. The van der Waals surface area contributed by atoms with Gasteiger partial charge in [-0.25, -0.2) is 24.3 Å². The summed E-state index contributed by atoms with van der Waals surface area (Å²) in [5, 5.41) is 3.68. The van der Waals surface area contributed by atoms with Crippen molar-refractivity contribution in [2.24, 2.45) is 0 Å². The minimum atomic E-state index is -0.141. The van der Waals surface area contributed by atoms with Crippen LogP contribution in [0.2, 0.25) is 0 Å². The summed E-state index contributed by atoms with van der Waals surface area (Å²) in [6.07, 6.45) is 0. The molecule has 29 heavy (non-hydrogen) atoms. The molecule has 3 aromatic carbocycles. The molecular weight excluding hydrogens is 430 g/mol. The first kappa shape index (κ1) is 26.3. The van der Waals surface area contributed by atoms with E-state index < -0.39 is 0 Å². The molecule has 0 nitrogen and oxygen atoms in total. The molecule has 0 spiro atoms. The number of benzene rings is 1. The van der Waals surface area contributed by atoms with Crippen LogP contribution in [-0.4, -0.2) is 10.3 Å². The van der Waals surface area contributed by atoms with Crippen LogP contribution in [0.1, 0.15) is 59.7 Å². The van der Waals surface area contributed by atoms with Crippen molar-refractivity contribution in [2.75, 3.05) is 0 Å². The smallest absolute Gasteiger partial charge is 0.214 e. The summed E-state index contributed by atoms with van der Waals surface area (Å²) < 4.78 is 0. The van der Waals surface area contributed by atoms with E-state index in [0.717, 1.165) is 8.58 Å². The van der Waals surface area contributed by atoms with Gasteiger partial charge in [0.1, 0.15) is 0 Å². The van der Waals surface area contributed by atoms with Gasteiger partial charge in [0.15, 0.2) is 0 Å². The van der Waals surface area contributed by atoms with E-state index in [1.54, 1.807) is 5.56 Å². The maximum atomic E-state index is 2.45. The van der Waals surface area contributed by atoms with E-state index in [0.29, 0.717) is 16.0 Å². The predicted octanol–water partition coefficient (Wildman–Crippen LogP) is 7.58. The Morgan fingerprint density at radius 2 is 1.38 bits per heavy atom. The normalized spacial score (nSPS) is 13.1. The number of hydrogen-bond acceptors (Lipinski definition) is 0. The van der Waals surface area contributed by atoms with Crippen LogP contribution in [0.15, 0.2) is 78.9 Å². The van der Waals surface area contributed by atoms with E-state index in [1.165, 1.54) is 10.6 Å². The molecule has 0 saturated heterocycles. The van der Waals surface area contributed by atoms with Crippen LogP contribution in [0.4, 0.5) is 0 Å². The van der Waals surface area contributed by atoms with Crippen LogP contribution in [0.5, 0.6) is 0 Å². The Bertz CT molecular complexity index is 758. The van der Waals surface area contributed by atoms with Crippen molar-refractivity contribution in [3.63, 3.8) is 0 Å². The van der Waals surface area contributed by atoms with Crippen LogP contribution in [0.25, 0.3) is 0 Å². The van der Waals surface area contributed by atoms with E-state index in [1.807, 2.05) is 30.3 Å². The Hall–Kier alpha value is -0.701. The molecule has 0 radical (unpaired) electrons. The minimum Gasteiger partial charge on any atom is -0.214 e. The second kappa shape index (κ2) is 11.6. The molecule has 0 amide bonds. The third kappa shape index (κ3) is 8.15. The van der Waals surface area contributed by atoms with Gasteiger partial charge in [0.05, 0.1) is 0 Å². The fourth-order valence-electron chi connectivity index (χ4n) is 4.22. The first-order valence-electron chi connectivity index (χ1n) is 10.1. The van der Waals surface area contributed by atoms with E-state index in [-0.39, 0.29) is 25.0 Å². The second-order valence-electron chi connectivity index (χ2n) is 9.24. The largest absolute Gasteiger partial charge is 2.00 e. The third-order valence-electron chi connectivity index (χ3n) is 4.74. The summed E-state index contributed by atoms with van der Waals surface area (Å²) in [5.41, 5.74) is 2.20. The topological polar surface area (TPSA) is 0 Å². The van der Waals surface area contributed by atoms with Gasteiger partial charge in [-0.1, -0.05) is 87.4 Å². The van der Waals surface area contributed by atoms with Gasteiger partial charge in [-0.15, -0.1) is 18.8 Å². The zero-order valence-corrected chi connectivity index (χ0v) is 21.9. The van der Waals surface area contributed by atoms with Gasteiger partial charge in [0.25, 0.3) is 0 Å². The summed E-state index contributed by atoms with van der Waals surface area (Å²) in [6.45, 7) is 17.0. The van der Waals surface area contributed by atoms with Gasteiger partial charge in [0.2, 0.25) is 0 Å². The van der Waals surface area contributed by atoms with Gasteiger partial charge < -0.3 is 0 Å². The average Bonchev–Trinajstić information content (AvgIpc) is 3.28. The molecular formula is C26H36FeP2. The standard InChI is InChI=1S/C21H31P2.C5H5.Fe/c1-16(23(20(2,3)4)21(5,6)7)18-14-11-15-19(18)22-17-12-9-8-10-13-17;1-2-4-5-3-1;/h8-16,22H,1-7H3;1-5H;/q2*-1;+2/t16-;;/m1../s1. The maximum Gasteiger partial charge on any atom is 2.00 e. The van der Waals surface area contributed by atoms with Crippen LogP contribution in [0, 0.1) is 0 Å². The molecule has 0 aliphatic rings. The summed E-state index contributed by atoms with van der Waals surface area (Å²) in [5.74, 6) is 0. The van der Waals surface area contributed by atoms with Crippen molar-refractivity contribution in [1.82, 2.24) is 0 Å². The van der Waals surface area contributed by atoms with Gasteiger partial charge in [-0.05, 0) is 21.3 Å². The van der Waals surface area contributed by atoms with Crippen LogP contribution in [0.3, 0.4) is 0 Å². The molecule has 0 heterocycles. The van der Waals surface area contributed by atoms with Crippen molar-refractivity contribution in [3.8, 4) is 0 Å². The molecule has 1 unspecified atom stereocenters. The van der Waals surface area contributed by atoms with Crippen molar-refractivity contribution in [2.45, 2.75) is 64.4 Å². The average molecular weight is 466 g/mol. The quantitative estimate of drug-likeness (QED) is 0.211. The molecule has 3 aromatic rings. The van der Waals surface area contributed by atoms with Crippen molar-refractivity contribution >= 4 is 27.1 Å². The molecule has 0 N–H and O–H groups in total. The Morgan fingerprint density at radius 3 is 1.83 bits per heavy atom. The van der Waals surface area contributed by atoms with Crippen molar-refractivity contribution in [1.29, 1.82) is 0 Å². The maximum absolute atomic E-state index is 2.45. The van der Waals surface area contributed by atoms with Crippen molar-refractivity contribution < 1.29 is 17.1 Å². The summed E-state index contributed by atoms with van der Waals surface area (Å²) in [4.78, 5) is 0. The molecule has 3 heteroatoms. The first-order chi connectivity index (χ1) is 13.1. The van der Waals surface area contributed by atoms with Gasteiger partial charge in [0, 0.05) is 0 Å². The summed E-state index contributed by atoms with van der Waals surface area (Å²) in [7, 11) is 0.622.